The van der Waals surface area contributed by atoms with Gasteiger partial charge in [0.2, 0.25) is 11.5 Å². The number of pyridine rings is 1. The third kappa shape index (κ3) is 4.38. The number of nitrogens with one attached hydrogen (secondary N) is 1. The SMILES string of the molecule is CCN(CC)c1ccc(NC(=O)CC(O)(c2nccn2C)C(F)(F)F)cn1. The monoisotopic (exact) mass is 385 g/mol. The zero-order valence-electron chi connectivity index (χ0n) is 15.3. The molecular weight excluding hydrogens is 363 g/mol. The largest absolute Gasteiger partial charge is 0.425 e. The lowest BCUT2D eigenvalue weighted by atomic mass is 9.97. The summed E-state index contributed by atoms with van der Waals surface area (Å²) in [6, 6.07) is 3.21. The van der Waals surface area contributed by atoms with Crippen LogP contribution in [0.3, 0.4) is 0 Å². The predicted molar refractivity (Wildman–Crippen MR) is 94.2 cm³/mol. The van der Waals surface area contributed by atoms with Crippen molar-refractivity contribution < 1.29 is 23.1 Å². The Morgan fingerprint density at radius 1 is 1.26 bits per heavy atom. The molecule has 0 aliphatic heterocycles. The highest BCUT2D eigenvalue weighted by Gasteiger charge is 2.58. The molecule has 0 fully saturated rings. The molecule has 0 aromatic carbocycles. The van der Waals surface area contributed by atoms with Crippen LogP contribution >= 0.6 is 0 Å². The standard InChI is InChI=1S/C17H22F3N5O2/c1-4-25(5-2)13-7-6-12(11-22-13)23-14(26)10-16(27,17(18,19)20)15-21-8-9-24(15)3/h6-9,11,27H,4-5,10H2,1-3H3,(H,23,26). The summed E-state index contributed by atoms with van der Waals surface area (Å²) >= 11 is 0. The van der Waals surface area contributed by atoms with E-state index in [1.165, 1.54) is 19.4 Å². The summed E-state index contributed by atoms with van der Waals surface area (Å²) in [4.78, 5) is 21.9. The molecule has 0 radical (unpaired) electrons. The minimum absolute atomic E-state index is 0.236. The second kappa shape index (κ2) is 7.95. The quantitative estimate of drug-likeness (QED) is 0.765. The molecule has 2 rings (SSSR count). The van der Waals surface area contributed by atoms with Gasteiger partial charge < -0.3 is 19.9 Å². The van der Waals surface area contributed by atoms with Crippen molar-refractivity contribution in [2.45, 2.75) is 32.0 Å². The van der Waals surface area contributed by atoms with Gasteiger partial charge in [0.05, 0.1) is 18.3 Å². The van der Waals surface area contributed by atoms with Crippen LogP contribution in [0.15, 0.2) is 30.7 Å². The number of hydrogen-bond donors (Lipinski definition) is 2. The molecule has 0 spiro atoms. The van der Waals surface area contributed by atoms with E-state index < -0.39 is 29.9 Å². The first-order valence-electron chi connectivity index (χ1n) is 8.40. The maximum atomic E-state index is 13.5. The van der Waals surface area contributed by atoms with Gasteiger partial charge in [-0.1, -0.05) is 0 Å². The second-order valence-corrected chi connectivity index (χ2v) is 6.02. The fourth-order valence-electron chi connectivity index (χ4n) is 2.70. The van der Waals surface area contributed by atoms with Gasteiger partial charge in [0.1, 0.15) is 5.82 Å². The van der Waals surface area contributed by atoms with Crippen LogP contribution in [0.5, 0.6) is 0 Å². The van der Waals surface area contributed by atoms with Gasteiger partial charge in [0.15, 0.2) is 5.82 Å². The minimum Gasteiger partial charge on any atom is -0.374 e. The van der Waals surface area contributed by atoms with E-state index in [0.717, 1.165) is 23.9 Å². The van der Waals surface area contributed by atoms with E-state index >= 15 is 0 Å². The van der Waals surface area contributed by atoms with E-state index in [2.05, 4.69) is 15.3 Å². The number of rotatable bonds is 7. The van der Waals surface area contributed by atoms with E-state index in [0.29, 0.717) is 5.82 Å². The van der Waals surface area contributed by atoms with Crippen molar-refractivity contribution in [3.63, 3.8) is 0 Å². The zero-order valence-corrected chi connectivity index (χ0v) is 15.3. The summed E-state index contributed by atoms with van der Waals surface area (Å²) in [5.74, 6) is -0.965. The van der Waals surface area contributed by atoms with E-state index in [-0.39, 0.29) is 5.69 Å². The van der Waals surface area contributed by atoms with E-state index in [4.69, 9.17) is 0 Å². The number of hydrogen-bond acceptors (Lipinski definition) is 5. The Balaban J connectivity index is 2.16. The Morgan fingerprint density at radius 2 is 1.93 bits per heavy atom. The first-order chi connectivity index (χ1) is 12.6. The number of aromatic nitrogens is 3. The van der Waals surface area contributed by atoms with Crippen molar-refractivity contribution in [3.8, 4) is 0 Å². The smallest absolute Gasteiger partial charge is 0.374 e. The van der Waals surface area contributed by atoms with Crippen molar-refractivity contribution in [2.24, 2.45) is 7.05 Å². The zero-order chi connectivity index (χ0) is 20.2. The van der Waals surface area contributed by atoms with Gasteiger partial charge in [-0.3, -0.25) is 4.79 Å². The summed E-state index contributed by atoms with van der Waals surface area (Å²) in [6.07, 6.45) is -2.55. The van der Waals surface area contributed by atoms with Crippen LogP contribution in [-0.2, 0) is 17.4 Å². The molecule has 0 saturated heterocycles. The number of alkyl halides is 3. The number of aliphatic hydroxyl groups is 1. The van der Waals surface area contributed by atoms with Gasteiger partial charge in [0, 0.05) is 32.5 Å². The average Bonchev–Trinajstić information content (AvgIpc) is 3.03. The van der Waals surface area contributed by atoms with E-state index in [1.807, 2.05) is 18.7 Å². The van der Waals surface area contributed by atoms with Gasteiger partial charge in [-0.15, -0.1) is 0 Å². The Hall–Kier alpha value is -2.62. The average molecular weight is 385 g/mol. The van der Waals surface area contributed by atoms with Gasteiger partial charge in [-0.25, -0.2) is 9.97 Å². The lowest BCUT2D eigenvalue weighted by molar-refractivity contribution is -0.270. The highest BCUT2D eigenvalue weighted by molar-refractivity contribution is 5.91. The molecule has 2 aromatic rings. The molecule has 1 unspecified atom stereocenters. The first kappa shape index (κ1) is 20.7. The van der Waals surface area contributed by atoms with Crippen LogP contribution in [0.4, 0.5) is 24.7 Å². The van der Waals surface area contributed by atoms with E-state index in [1.54, 1.807) is 12.1 Å². The number of anilines is 2. The third-order valence-corrected chi connectivity index (χ3v) is 4.20. The Labute approximate surface area is 154 Å². The molecule has 27 heavy (non-hydrogen) atoms. The number of carbonyl (C=O) groups is 1. The number of amides is 1. The number of imidazole rings is 1. The normalized spacial score (nSPS) is 13.9. The highest BCUT2D eigenvalue weighted by atomic mass is 19.4. The molecule has 10 heteroatoms. The summed E-state index contributed by atoms with van der Waals surface area (Å²) in [5, 5.41) is 12.6. The number of halogens is 3. The van der Waals surface area contributed by atoms with Crippen LogP contribution in [0.1, 0.15) is 26.1 Å². The maximum Gasteiger partial charge on any atom is 0.425 e. The van der Waals surface area contributed by atoms with Crippen molar-refractivity contribution in [1.82, 2.24) is 14.5 Å². The molecule has 0 bridgehead atoms. The van der Waals surface area contributed by atoms with Gasteiger partial charge in [-0.05, 0) is 26.0 Å². The van der Waals surface area contributed by atoms with Gasteiger partial charge >= 0.3 is 6.18 Å². The Bertz CT molecular complexity index is 772. The van der Waals surface area contributed by atoms with Gasteiger partial charge in [-0.2, -0.15) is 13.2 Å². The van der Waals surface area contributed by atoms with Crippen LogP contribution in [-0.4, -0.2) is 44.8 Å². The number of carbonyl (C=O) groups excluding carboxylic acids is 1. The molecule has 0 saturated carbocycles. The maximum absolute atomic E-state index is 13.5. The fraction of sp³-hybridized carbons (Fsp3) is 0.471. The van der Waals surface area contributed by atoms with Gasteiger partial charge in [0.25, 0.3) is 0 Å². The first-order valence-corrected chi connectivity index (χ1v) is 8.40. The Kier molecular flexibility index (Phi) is 6.09. The second-order valence-electron chi connectivity index (χ2n) is 6.02. The lowest BCUT2D eigenvalue weighted by Gasteiger charge is -2.29. The molecule has 1 amide bonds. The van der Waals surface area contributed by atoms with Crippen LogP contribution < -0.4 is 10.2 Å². The topological polar surface area (TPSA) is 83.3 Å². The minimum atomic E-state index is -5.08. The van der Waals surface area contributed by atoms with Crippen molar-refractivity contribution in [2.75, 3.05) is 23.3 Å². The summed E-state index contributed by atoms with van der Waals surface area (Å²) < 4.78 is 41.4. The molecule has 148 valence electrons. The highest BCUT2D eigenvalue weighted by Crippen LogP contribution is 2.40. The lowest BCUT2D eigenvalue weighted by Crippen LogP contribution is -2.46. The molecule has 0 aliphatic carbocycles. The third-order valence-electron chi connectivity index (χ3n) is 4.20. The molecule has 0 aliphatic rings. The van der Waals surface area contributed by atoms with E-state index in [9.17, 15) is 23.1 Å². The van der Waals surface area contributed by atoms with Crippen LogP contribution in [0.25, 0.3) is 0 Å². The molecule has 2 heterocycles. The molecule has 7 nitrogen and oxygen atoms in total. The molecular formula is C17H22F3N5O2. The van der Waals surface area contributed by atoms with Crippen LogP contribution in [0, 0.1) is 0 Å². The summed E-state index contributed by atoms with van der Waals surface area (Å²) in [7, 11) is 1.31. The predicted octanol–water partition coefficient (Wildman–Crippen LogP) is 2.44. The van der Waals surface area contributed by atoms with Crippen molar-refractivity contribution >= 4 is 17.4 Å². The fourth-order valence-corrected chi connectivity index (χ4v) is 2.70. The molecule has 2 aromatic heterocycles. The van der Waals surface area contributed by atoms with Crippen molar-refractivity contribution in [3.05, 3.63) is 36.5 Å². The van der Waals surface area contributed by atoms with Crippen LogP contribution in [0.2, 0.25) is 0 Å². The summed E-state index contributed by atoms with van der Waals surface area (Å²) in [5.41, 5.74) is -3.16. The van der Waals surface area contributed by atoms with Crippen molar-refractivity contribution in [1.29, 1.82) is 0 Å². The summed E-state index contributed by atoms with van der Waals surface area (Å²) in [6.45, 7) is 5.43. The molecule has 2 N–H and O–H groups in total. The molecule has 1 atom stereocenters. The number of aryl methyl sites for hydroxylation is 1. The Morgan fingerprint density at radius 3 is 2.37 bits per heavy atom. The number of nitrogens with zero attached hydrogens (tertiary/aromatic N) is 4.